The molecule has 2 aromatic heterocycles. The van der Waals surface area contributed by atoms with Crippen LogP contribution in [0.5, 0.6) is 5.75 Å². The Bertz CT molecular complexity index is 1320. The summed E-state index contributed by atoms with van der Waals surface area (Å²) in [6, 6.07) is 16.4. The van der Waals surface area contributed by atoms with Gasteiger partial charge in [-0.1, -0.05) is 30.3 Å². The fourth-order valence-electron chi connectivity index (χ4n) is 3.44. The molecule has 2 heterocycles. The highest BCUT2D eigenvalue weighted by Gasteiger charge is 2.21. The number of nitrogens with zero attached hydrogens (tertiary/aromatic N) is 3. The van der Waals surface area contributed by atoms with E-state index in [0.717, 1.165) is 5.56 Å². The topological polar surface area (TPSA) is 98.1 Å². The first-order valence-electron chi connectivity index (χ1n) is 10.3. The van der Waals surface area contributed by atoms with E-state index in [-0.39, 0.29) is 0 Å². The van der Waals surface area contributed by atoms with Gasteiger partial charge >= 0.3 is 0 Å². The lowest BCUT2D eigenvalue weighted by atomic mass is 10.1. The van der Waals surface area contributed by atoms with E-state index >= 15 is 0 Å². The maximum Gasteiger partial charge on any atom is 0.279 e. The molecule has 0 aliphatic rings. The van der Waals surface area contributed by atoms with Gasteiger partial charge in [-0.15, -0.1) is 0 Å². The predicted molar refractivity (Wildman–Crippen MR) is 121 cm³/mol. The van der Waals surface area contributed by atoms with Gasteiger partial charge in [0.2, 0.25) is 0 Å². The molecule has 0 saturated heterocycles. The predicted octanol–water partition coefficient (Wildman–Crippen LogP) is 3.31. The van der Waals surface area contributed by atoms with E-state index in [4.69, 9.17) is 4.74 Å². The molecule has 168 valence electrons. The summed E-state index contributed by atoms with van der Waals surface area (Å²) < 4.78 is 20.1. The van der Waals surface area contributed by atoms with Gasteiger partial charge in [0.05, 0.1) is 22.3 Å². The van der Waals surface area contributed by atoms with E-state index in [9.17, 15) is 14.0 Å². The molecule has 0 aliphatic heterocycles. The average Bonchev–Trinajstić information content (AvgIpc) is 3.12. The third kappa shape index (κ3) is 4.67. The van der Waals surface area contributed by atoms with Crippen molar-refractivity contribution in [3.8, 4) is 17.0 Å². The quantitative estimate of drug-likeness (QED) is 0.458. The lowest BCUT2D eigenvalue weighted by Gasteiger charge is -2.15. The number of benzene rings is 2. The van der Waals surface area contributed by atoms with Gasteiger partial charge in [0, 0.05) is 12.6 Å². The summed E-state index contributed by atoms with van der Waals surface area (Å²) >= 11 is 0. The van der Waals surface area contributed by atoms with E-state index in [0.29, 0.717) is 33.7 Å². The van der Waals surface area contributed by atoms with Crippen LogP contribution in [0.1, 0.15) is 23.0 Å². The van der Waals surface area contributed by atoms with Crippen molar-refractivity contribution in [2.45, 2.75) is 20.0 Å². The third-order valence-corrected chi connectivity index (χ3v) is 5.08. The number of rotatable bonds is 5. The zero-order valence-electron chi connectivity index (χ0n) is 18.3. The molecule has 1 atom stereocenters. The van der Waals surface area contributed by atoms with Crippen molar-refractivity contribution in [1.82, 2.24) is 25.6 Å². The molecule has 0 saturated carbocycles. The molecule has 0 aliphatic carbocycles. The summed E-state index contributed by atoms with van der Waals surface area (Å²) in [4.78, 5) is 30.1. The maximum atomic E-state index is 13.1. The Hall–Kier alpha value is -4.27. The van der Waals surface area contributed by atoms with Crippen molar-refractivity contribution in [2.75, 3.05) is 0 Å². The molecule has 33 heavy (non-hydrogen) atoms. The number of fused-ring (bicyclic) bond motifs is 1. The van der Waals surface area contributed by atoms with E-state index < -0.39 is 23.7 Å². The van der Waals surface area contributed by atoms with Crippen LogP contribution < -0.4 is 15.6 Å². The number of pyridine rings is 1. The molecule has 0 spiro atoms. The zero-order valence-corrected chi connectivity index (χ0v) is 18.3. The first kappa shape index (κ1) is 21.9. The van der Waals surface area contributed by atoms with Crippen molar-refractivity contribution < 1.29 is 18.7 Å². The number of hydrogen-bond acceptors (Lipinski definition) is 5. The van der Waals surface area contributed by atoms with Crippen molar-refractivity contribution >= 4 is 22.8 Å². The van der Waals surface area contributed by atoms with Crippen LogP contribution in [0.3, 0.4) is 0 Å². The van der Waals surface area contributed by atoms with Gasteiger partial charge < -0.3 is 4.74 Å². The van der Waals surface area contributed by atoms with Crippen LogP contribution in [0.25, 0.3) is 22.3 Å². The number of carbonyl (C=O) groups is 2. The van der Waals surface area contributed by atoms with Gasteiger partial charge in [0.1, 0.15) is 11.6 Å². The van der Waals surface area contributed by atoms with Crippen LogP contribution in [0.4, 0.5) is 4.39 Å². The Morgan fingerprint density at radius 3 is 2.45 bits per heavy atom. The number of hydrogen-bond donors (Lipinski definition) is 2. The van der Waals surface area contributed by atoms with Gasteiger partial charge in [0.15, 0.2) is 11.8 Å². The number of halogens is 1. The van der Waals surface area contributed by atoms with Gasteiger partial charge in [-0.05, 0) is 44.2 Å². The van der Waals surface area contributed by atoms with Crippen molar-refractivity contribution in [3.63, 3.8) is 0 Å². The minimum atomic E-state index is -0.923. The van der Waals surface area contributed by atoms with Crippen molar-refractivity contribution in [1.29, 1.82) is 0 Å². The summed E-state index contributed by atoms with van der Waals surface area (Å²) in [6.07, 6.45) is -0.923. The van der Waals surface area contributed by atoms with Crippen LogP contribution in [0.2, 0.25) is 0 Å². The molecular weight excluding hydrogens is 425 g/mol. The first-order chi connectivity index (χ1) is 15.8. The highest BCUT2D eigenvalue weighted by molar-refractivity contribution is 6.08. The number of ether oxygens (including phenoxy) is 1. The van der Waals surface area contributed by atoms with Gasteiger partial charge in [0.25, 0.3) is 11.8 Å². The van der Waals surface area contributed by atoms with Crippen molar-refractivity contribution in [3.05, 3.63) is 77.7 Å². The molecule has 2 aromatic carbocycles. The van der Waals surface area contributed by atoms with Crippen molar-refractivity contribution in [2.24, 2.45) is 7.05 Å². The second-order valence-electron chi connectivity index (χ2n) is 7.49. The highest BCUT2D eigenvalue weighted by Crippen LogP contribution is 2.26. The molecule has 1 unspecified atom stereocenters. The van der Waals surface area contributed by atoms with Crippen LogP contribution in [-0.2, 0) is 11.8 Å². The average molecular weight is 447 g/mol. The molecule has 8 nitrogen and oxygen atoms in total. The summed E-state index contributed by atoms with van der Waals surface area (Å²) in [5.41, 5.74) is 7.80. The SMILES string of the molecule is Cc1nn(C)c2nc(-c3ccccc3)cc(C(=O)NNC(=O)C(C)Oc3ccc(F)cc3)c12. The molecule has 4 aromatic rings. The summed E-state index contributed by atoms with van der Waals surface area (Å²) in [6.45, 7) is 3.31. The smallest absolute Gasteiger partial charge is 0.279 e. The van der Waals surface area contributed by atoms with Gasteiger partial charge in [-0.25, -0.2) is 9.37 Å². The number of amides is 2. The standard InChI is InChI=1S/C24H22FN5O3/c1-14-21-19(13-20(16-7-5-4-6-8-16)26-22(21)30(3)29-14)24(32)28-27-23(31)15(2)33-18-11-9-17(25)10-12-18/h4-13,15H,1-3H3,(H,27,31)(H,28,32). The second kappa shape index (κ2) is 9.07. The number of aromatic nitrogens is 3. The molecule has 0 fully saturated rings. The Morgan fingerprint density at radius 2 is 1.76 bits per heavy atom. The minimum Gasteiger partial charge on any atom is -0.481 e. The fourth-order valence-corrected chi connectivity index (χ4v) is 3.44. The maximum absolute atomic E-state index is 13.1. The number of carbonyl (C=O) groups excluding carboxylic acids is 2. The van der Waals surface area contributed by atoms with E-state index in [1.807, 2.05) is 30.3 Å². The number of nitrogens with one attached hydrogen (secondary N) is 2. The Morgan fingerprint density at radius 1 is 1.06 bits per heavy atom. The van der Waals surface area contributed by atoms with Gasteiger partial charge in [-0.2, -0.15) is 5.10 Å². The zero-order chi connectivity index (χ0) is 23.5. The van der Waals surface area contributed by atoms with Gasteiger partial charge in [-0.3, -0.25) is 25.1 Å². The van der Waals surface area contributed by atoms with Crippen LogP contribution in [0, 0.1) is 12.7 Å². The monoisotopic (exact) mass is 447 g/mol. The summed E-state index contributed by atoms with van der Waals surface area (Å²) in [5.74, 6) is -1.15. The second-order valence-corrected chi connectivity index (χ2v) is 7.49. The largest absolute Gasteiger partial charge is 0.481 e. The molecule has 4 rings (SSSR count). The Labute approximate surface area is 189 Å². The lowest BCUT2D eigenvalue weighted by Crippen LogP contribution is -2.47. The minimum absolute atomic E-state index is 0.330. The van der Waals surface area contributed by atoms with E-state index in [1.165, 1.54) is 31.2 Å². The third-order valence-electron chi connectivity index (χ3n) is 5.08. The van der Waals surface area contributed by atoms with Crippen LogP contribution in [0.15, 0.2) is 60.7 Å². The Balaban J connectivity index is 1.55. The van der Waals surface area contributed by atoms with E-state index in [1.54, 1.807) is 24.7 Å². The highest BCUT2D eigenvalue weighted by atomic mass is 19.1. The number of aryl methyl sites for hydroxylation is 2. The molecule has 0 bridgehead atoms. The lowest BCUT2D eigenvalue weighted by molar-refractivity contribution is -0.128. The molecule has 2 N–H and O–H groups in total. The Kier molecular flexibility index (Phi) is 6.03. The van der Waals surface area contributed by atoms with Crippen LogP contribution >= 0.6 is 0 Å². The summed E-state index contributed by atoms with van der Waals surface area (Å²) in [7, 11) is 1.76. The number of hydrazine groups is 1. The summed E-state index contributed by atoms with van der Waals surface area (Å²) in [5, 5.41) is 4.98. The van der Waals surface area contributed by atoms with E-state index in [2.05, 4.69) is 20.9 Å². The molecule has 2 amide bonds. The van der Waals surface area contributed by atoms with Crippen LogP contribution in [-0.4, -0.2) is 32.7 Å². The molecule has 9 heteroatoms. The molecule has 0 radical (unpaired) electrons. The first-order valence-corrected chi connectivity index (χ1v) is 10.3. The normalized spacial score (nSPS) is 11.8. The fraction of sp³-hybridized carbons (Fsp3) is 0.167. The molecular formula is C24H22FN5O3.